The van der Waals surface area contributed by atoms with Crippen LogP contribution in [0.25, 0.3) is 11.1 Å². The Morgan fingerprint density at radius 3 is 1.30 bits per heavy atom. The van der Waals surface area contributed by atoms with Crippen LogP contribution in [0.3, 0.4) is 0 Å². The number of hydrogen-bond acceptors (Lipinski definition) is 2. The van der Waals surface area contributed by atoms with Gasteiger partial charge in [0.05, 0.1) is 0 Å². The minimum atomic E-state index is -0.534. The van der Waals surface area contributed by atoms with E-state index in [4.69, 9.17) is 8.85 Å². The van der Waals surface area contributed by atoms with E-state index in [9.17, 15) is 0 Å². The monoisotopic (exact) mass is 302 g/mol. The maximum Gasteiger partial charge on any atom is 0.192 e. The standard InChI is InChI=1S/C16H22O2Si2/c1-3-17-19-15-9-5-13(6-10-15)14-7-11-16(12-8-14)20-18-4-2/h5-12H,3-4,19-20H2,1-2H3. The zero-order chi connectivity index (χ0) is 14.2. The molecule has 2 aromatic rings. The third-order valence-electron chi connectivity index (χ3n) is 3.19. The zero-order valence-electron chi connectivity index (χ0n) is 12.3. The molecule has 0 saturated heterocycles. The lowest BCUT2D eigenvalue weighted by Gasteiger charge is -2.06. The van der Waals surface area contributed by atoms with Crippen LogP contribution in [0.2, 0.25) is 0 Å². The normalized spacial score (nSPS) is 11.9. The molecule has 2 aromatic carbocycles. The molecule has 0 aliphatic carbocycles. The Hall–Kier alpha value is -1.21. The van der Waals surface area contributed by atoms with Gasteiger partial charge in [-0.15, -0.1) is 0 Å². The van der Waals surface area contributed by atoms with E-state index in [0.717, 1.165) is 13.2 Å². The first-order valence-electron chi connectivity index (χ1n) is 7.17. The van der Waals surface area contributed by atoms with Crippen molar-refractivity contribution in [3.8, 4) is 11.1 Å². The molecule has 0 spiro atoms. The minimum Gasteiger partial charge on any atom is -0.419 e. The summed E-state index contributed by atoms with van der Waals surface area (Å²) in [5.41, 5.74) is 2.53. The number of benzene rings is 2. The fourth-order valence-corrected chi connectivity index (χ4v) is 3.76. The van der Waals surface area contributed by atoms with Gasteiger partial charge in [0.15, 0.2) is 19.5 Å². The third-order valence-corrected chi connectivity index (χ3v) is 6.02. The first-order valence-corrected chi connectivity index (χ1v) is 9.74. The fraction of sp³-hybridized carbons (Fsp3) is 0.250. The van der Waals surface area contributed by atoms with Crippen molar-refractivity contribution in [1.82, 2.24) is 0 Å². The molecule has 0 aliphatic rings. The molecule has 0 N–H and O–H groups in total. The van der Waals surface area contributed by atoms with E-state index >= 15 is 0 Å². The molecule has 2 nitrogen and oxygen atoms in total. The van der Waals surface area contributed by atoms with E-state index in [1.165, 1.54) is 21.5 Å². The van der Waals surface area contributed by atoms with Crippen molar-refractivity contribution in [3.63, 3.8) is 0 Å². The lowest BCUT2D eigenvalue weighted by Crippen LogP contribution is -2.17. The van der Waals surface area contributed by atoms with Crippen LogP contribution in [0.1, 0.15) is 13.8 Å². The van der Waals surface area contributed by atoms with Gasteiger partial charge in [0.2, 0.25) is 0 Å². The van der Waals surface area contributed by atoms with Crippen molar-refractivity contribution in [2.45, 2.75) is 13.8 Å². The molecule has 106 valence electrons. The van der Waals surface area contributed by atoms with Crippen LogP contribution in [0.5, 0.6) is 0 Å². The fourth-order valence-electron chi connectivity index (χ4n) is 2.03. The molecule has 0 radical (unpaired) electrons. The largest absolute Gasteiger partial charge is 0.419 e. The topological polar surface area (TPSA) is 18.5 Å². The van der Waals surface area contributed by atoms with E-state index < -0.39 is 19.5 Å². The number of hydrogen-bond donors (Lipinski definition) is 0. The highest BCUT2D eigenvalue weighted by atomic mass is 28.2. The average Bonchev–Trinajstić information content (AvgIpc) is 2.52. The van der Waals surface area contributed by atoms with Gasteiger partial charge in [0, 0.05) is 13.2 Å². The molecule has 0 bridgehead atoms. The van der Waals surface area contributed by atoms with Gasteiger partial charge in [0.25, 0.3) is 0 Å². The van der Waals surface area contributed by atoms with E-state index in [-0.39, 0.29) is 0 Å². The molecular formula is C16H22O2Si2. The Labute approximate surface area is 126 Å². The summed E-state index contributed by atoms with van der Waals surface area (Å²) in [6.07, 6.45) is 0. The van der Waals surface area contributed by atoms with Crippen LogP contribution in [0, 0.1) is 0 Å². The van der Waals surface area contributed by atoms with Crippen molar-refractivity contribution in [3.05, 3.63) is 48.5 Å². The van der Waals surface area contributed by atoms with Crippen molar-refractivity contribution >= 4 is 29.9 Å². The lowest BCUT2D eigenvalue weighted by molar-refractivity contribution is 0.367. The van der Waals surface area contributed by atoms with Gasteiger partial charge in [-0.1, -0.05) is 48.5 Å². The second-order valence-corrected chi connectivity index (χ2v) is 7.69. The third kappa shape index (κ3) is 4.42. The summed E-state index contributed by atoms with van der Waals surface area (Å²) in [4.78, 5) is 0. The van der Waals surface area contributed by atoms with Crippen molar-refractivity contribution in [2.75, 3.05) is 13.2 Å². The Morgan fingerprint density at radius 2 is 1.00 bits per heavy atom. The van der Waals surface area contributed by atoms with E-state index in [0.29, 0.717) is 0 Å². The highest BCUT2D eigenvalue weighted by Crippen LogP contribution is 2.16. The zero-order valence-corrected chi connectivity index (χ0v) is 15.1. The summed E-state index contributed by atoms with van der Waals surface area (Å²) in [6.45, 7) is 5.74. The van der Waals surface area contributed by atoms with Crippen LogP contribution in [0.15, 0.2) is 48.5 Å². The smallest absolute Gasteiger partial charge is 0.192 e. The summed E-state index contributed by atoms with van der Waals surface area (Å²) in [7, 11) is -1.07. The summed E-state index contributed by atoms with van der Waals surface area (Å²) >= 11 is 0. The van der Waals surface area contributed by atoms with Gasteiger partial charge < -0.3 is 8.85 Å². The number of rotatable bonds is 7. The molecule has 4 heteroatoms. The second kappa shape index (κ2) is 8.16. The lowest BCUT2D eigenvalue weighted by atomic mass is 10.1. The predicted octanol–water partition coefficient (Wildman–Crippen LogP) is 0.845. The molecule has 0 unspecified atom stereocenters. The second-order valence-electron chi connectivity index (χ2n) is 4.67. The van der Waals surface area contributed by atoms with Crippen molar-refractivity contribution < 1.29 is 8.85 Å². The quantitative estimate of drug-likeness (QED) is 0.706. The summed E-state index contributed by atoms with van der Waals surface area (Å²) in [6, 6.07) is 17.5. The summed E-state index contributed by atoms with van der Waals surface area (Å²) < 4.78 is 11.1. The molecule has 0 saturated carbocycles. The van der Waals surface area contributed by atoms with E-state index in [1.54, 1.807) is 0 Å². The first kappa shape index (κ1) is 15.2. The van der Waals surface area contributed by atoms with Gasteiger partial charge >= 0.3 is 0 Å². The maximum absolute atomic E-state index is 5.55. The predicted molar refractivity (Wildman–Crippen MR) is 91.5 cm³/mol. The van der Waals surface area contributed by atoms with Gasteiger partial charge in [-0.3, -0.25) is 0 Å². The highest BCUT2D eigenvalue weighted by Gasteiger charge is 2.00. The Balaban J connectivity index is 2.03. The molecule has 0 aromatic heterocycles. The molecule has 0 heterocycles. The minimum absolute atomic E-state index is 0.534. The van der Waals surface area contributed by atoms with Crippen LogP contribution in [-0.2, 0) is 8.85 Å². The Kier molecular flexibility index (Phi) is 6.20. The molecule has 2 rings (SSSR count). The Morgan fingerprint density at radius 1 is 0.650 bits per heavy atom. The van der Waals surface area contributed by atoms with Crippen LogP contribution in [-0.4, -0.2) is 32.7 Å². The summed E-state index contributed by atoms with van der Waals surface area (Å²) in [5, 5.41) is 2.71. The molecule has 0 aliphatic heterocycles. The average molecular weight is 303 g/mol. The van der Waals surface area contributed by atoms with Crippen LogP contribution >= 0.6 is 0 Å². The van der Waals surface area contributed by atoms with Gasteiger partial charge in [0.1, 0.15) is 0 Å². The maximum atomic E-state index is 5.55. The SMILES string of the molecule is CCO[SiH2]c1ccc(-c2ccc([SiH2]OCC)cc2)cc1. The molecule has 20 heavy (non-hydrogen) atoms. The Bertz CT molecular complexity index is 460. The van der Waals surface area contributed by atoms with Gasteiger partial charge in [-0.05, 0) is 35.3 Å². The molecule has 0 amide bonds. The summed E-state index contributed by atoms with van der Waals surface area (Å²) in [5.74, 6) is 0. The first-order chi connectivity index (χ1) is 9.83. The molecule has 0 atom stereocenters. The van der Waals surface area contributed by atoms with Crippen molar-refractivity contribution in [1.29, 1.82) is 0 Å². The van der Waals surface area contributed by atoms with Gasteiger partial charge in [-0.25, -0.2) is 0 Å². The van der Waals surface area contributed by atoms with E-state index in [2.05, 4.69) is 62.4 Å². The van der Waals surface area contributed by atoms with Crippen LogP contribution < -0.4 is 10.4 Å². The molecular weight excluding hydrogens is 280 g/mol. The van der Waals surface area contributed by atoms with Gasteiger partial charge in [-0.2, -0.15) is 0 Å². The molecule has 0 fully saturated rings. The van der Waals surface area contributed by atoms with Crippen LogP contribution in [0.4, 0.5) is 0 Å². The van der Waals surface area contributed by atoms with E-state index in [1.807, 2.05) is 0 Å². The van der Waals surface area contributed by atoms with Crippen molar-refractivity contribution in [2.24, 2.45) is 0 Å². The highest BCUT2D eigenvalue weighted by molar-refractivity contribution is 6.47.